The van der Waals surface area contributed by atoms with Gasteiger partial charge in [0.2, 0.25) is 5.89 Å². The van der Waals surface area contributed by atoms with Crippen molar-refractivity contribution in [3.05, 3.63) is 16.4 Å². The first-order valence-corrected chi connectivity index (χ1v) is 3.76. The largest absolute Gasteiger partial charge is 0.434 e. The van der Waals surface area contributed by atoms with Crippen molar-refractivity contribution in [1.82, 2.24) is 10.2 Å². The third kappa shape index (κ3) is 2.22. The molecule has 4 nitrogen and oxygen atoms in total. The van der Waals surface area contributed by atoms with E-state index in [0.717, 1.165) is 12.8 Å². The highest BCUT2D eigenvalue weighted by Crippen LogP contribution is 2.06. The topological polar surface area (TPSA) is 58.9 Å². The van der Waals surface area contributed by atoms with E-state index >= 15 is 0 Å². The van der Waals surface area contributed by atoms with E-state index in [1.165, 1.54) is 0 Å². The lowest BCUT2D eigenvalue weighted by Crippen LogP contribution is -1.97. The summed E-state index contributed by atoms with van der Waals surface area (Å²) in [7, 11) is 0. The van der Waals surface area contributed by atoms with Gasteiger partial charge in [-0.3, -0.25) is 0 Å². The quantitative estimate of drug-likeness (QED) is 0.708. The van der Waals surface area contributed by atoms with E-state index < -0.39 is 5.76 Å². The van der Waals surface area contributed by atoms with E-state index in [2.05, 4.69) is 24.0 Å². The summed E-state index contributed by atoms with van der Waals surface area (Å²) in [5.41, 5.74) is 0. The fourth-order valence-corrected chi connectivity index (χ4v) is 0.790. The second-order valence-corrected chi connectivity index (χ2v) is 2.72. The Morgan fingerprint density at radius 2 is 2.45 bits per heavy atom. The molecule has 0 radical (unpaired) electrons. The summed E-state index contributed by atoms with van der Waals surface area (Å²) >= 11 is 0. The monoisotopic (exact) mass is 156 g/mol. The molecule has 0 amide bonds. The first-order valence-electron chi connectivity index (χ1n) is 3.76. The number of H-pyrrole nitrogens is 1. The summed E-state index contributed by atoms with van der Waals surface area (Å²) in [5, 5.41) is 5.93. The van der Waals surface area contributed by atoms with Crippen LogP contribution in [0.1, 0.15) is 26.2 Å². The Kier molecular flexibility index (Phi) is 2.46. The van der Waals surface area contributed by atoms with Crippen LogP contribution < -0.4 is 5.76 Å². The lowest BCUT2D eigenvalue weighted by Gasteiger charge is -2.01. The SMILES string of the molecule is CCC(C)Cc1n[nH]c(=O)o1. The van der Waals surface area contributed by atoms with Crippen LogP contribution in [0.25, 0.3) is 0 Å². The number of nitrogens with one attached hydrogen (secondary N) is 1. The van der Waals surface area contributed by atoms with Crippen LogP contribution in [0.2, 0.25) is 0 Å². The third-order valence-electron chi connectivity index (χ3n) is 1.70. The van der Waals surface area contributed by atoms with Crippen molar-refractivity contribution >= 4 is 0 Å². The molecule has 0 saturated heterocycles. The Morgan fingerprint density at radius 3 is 2.91 bits per heavy atom. The van der Waals surface area contributed by atoms with Crippen LogP contribution in [0.3, 0.4) is 0 Å². The summed E-state index contributed by atoms with van der Waals surface area (Å²) in [6.45, 7) is 4.18. The predicted molar refractivity (Wildman–Crippen MR) is 40.3 cm³/mol. The van der Waals surface area contributed by atoms with Gasteiger partial charge in [-0.25, -0.2) is 9.89 Å². The van der Waals surface area contributed by atoms with Crippen molar-refractivity contribution in [3.8, 4) is 0 Å². The average Bonchev–Trinajstić information content (AvgIpc) is 2.35. The molecule has 1 unspecified atom stereocenters. The normalized spacial score (nSPS) is 13.3. The molecule has 0 fully saturated rings. The molecule has 0 aliphatic carbocycles. The van der Waals surface area contributed by atoms with E-state index in [0.29, 0.717) is 11.8 Å². The second-order valence-electron chi connectivity index (χ2n) is 2.72. The van der Waals surface area contributed by atoms with Crippen molar-refractivity contribution in [2.45, 2.75) is 26.7 Å². The fourth-order valence-electron chi connectivity index (χ4n) is 0.790. The van der Waals surface area contributed by atoms with Gasteiger partial charge in [-0.2, -0.15) is 0 Å². The van der Waals surface area contributed by atoms with Crippen molar-refractivity contribution < 1.29 is 4.42 Å². The average molecular weight is 156 g/mol. The highest BCUT2D eigenvalue weighted by Gasteiger charge is 2.05. The van der Waals surface area contributed by atoms with Gasteiger partial charge in [0.1, 0.15) is 0 Å². The third-order valence-corrected chi connectivity index (χ3v) is 1.70. The number of aromatic nitrogens is 2. The van der Waals surface area contributed by atoms with Gasteiger partial charge in [-0.05, 0) is 5.92 Å². The molecule has 1 aromatic heterocycles. The Hall–Kier alpha value is -1.06. The summed E-state index contributed by atoms with van der Waals surface area (Å²) < 4.78 is 4.73. The molecule has 1 rings (SSSR count). The minimum absolute atomic E-state index is 0.469. The summed E-state index contributed by atoms with van der Waals surface area (Å²) in [6.07, 6.45) is 1.80. The van der Waals surface area contributed by atoms with Crippen LogP contribution in [0.15, 0.2) is 9.21 Å². The molecule has 1 N–H and O–H groups in total. The van der Waals surface area contributed by atoms with Crippen molar-refractivity contribution in [2.75, 3.05) is 0 Å². The van der Waals surface area contributed by atoms with Gasteiger partial charge in [0, 0.05) is 6.42 Å². The van der Waals surface area contributed by atoms with Crippen LogP contribution in [-0.4, -0.2) is 10.2 Å². The van der Waals surface area contributed by atoms with Crippen molar-refractivity contribution in [3.63, 3.8) is 0 Å². The standard InChI is InChI=1S/C7H12N2O2/c1-3-5(2)4-6-8-9-7(10)11-6/h5H,3-4H2,1-2H3,(H,9,10). The lowest BCUT2D eigenvalue weighted by molar-refractivity contribution is 0.418. The van der Waals surface area contributed by atoms with Gasteiger partial charge >= 0.3 is 5.76 Å². The first kappa shape index (κ1) is 8.04. The minimum atomic E-state index is -0.469. The summed E-state index contributed by atoms with van der Waals surface area (Å²) in [5.74, 6) is 0.550. The molecule has 0 bridgehead atoms. The maximum atomic E-state index is 10.5. The number of aromatic amines is 1. The van der Waals surface area contributed by atoms with Gasteiger partial charge in [-0.15, -0.1) is 5.10 Å². The van der Waals surface area contributed by atoms with E-state index in [1.54, 1.807) is 0 Å². The molecule has 62 valence electrons. The Morgan fingerprint density at radius 1 is 1.73 bits per heavy atom. The molecule has 1 heterocycles. The fraction of sp³-hybridized carbons (Fsp3) is 0.714. The van der Waals surface area contributed by atoms with Crippen LogP contribution in [0.5, 0.6) is 0 Å². The van der Waals surface area contributed by atoms with Gasteiger partial charge in [0.15, 0.2) is 0 Å². The van der Waals surface area contributed by atoms with E-state index in [1.807, 2.05) is 0 Å². The van der Waals surface area contributed by atoms with E-state index in [4.69, 9.17) is 4.42 Å². The van der Waals surface area contributed by atoms with Crippen LogP contribution in [0, 0.1) is 5.92 Å². The number of hydrogen-bond donors (Lipinski definition) is 1. The Bertz CT molecular complexity index is 263. The molecule has 1 aromatic rings. The Labute approximate surface area is 64.6 Å². The molecular formula is C7H12N2O2. The maximum absolute atomic E-state index is 10.5. The van der Waals surface area contributed by atoms with Crippen molar-refractivity contribution in [1.29, 1.82) is 0 Å². The zero-order valence-electron chi connectivity index (χ0n) is 6.76. The summed E-state index contributed by atoms with van der Waals surface area (Å²) in [4.78, 5) is 10.5. The molecule has 0 spiro atoms. The van der Waals surface area contributed by atoms with Crippen LogP contribution in [0.4, 0.5) is 0 Å². The van der Waals surface area contributed by atoms with Crippen LogP contribution >= 0.6 is 0 Å². The zero-order chi connectivity index (χ0) is 8.27. The molecular weight excluding hydrogens is 144 g/mol. The van der Waals surface area contributed by atoms with Crippen LogP contribution in [-0.2, 0) is 6.42 Å². The maximum Gasteiger partial charge on any atom is 0.434 e. The number of rotatable bonds is 3. The highest BCUT2D eigenvalue weighted by atomic mass is 16.4. The number of nitrogens with zero attached hydrogens (tertiary/aromatic N) is 1. The van der Waals surface area contributed by atoms with Gasteiger partial charge in [0.05, 0.1) is 0 Å². The lowest BCUT2D eigenvalue weighted by atomic mass is 10.1. The molecule has 11 heavy (non-hydrogen) atoms. The number of hydrogen-bond acceptors (Lipinski definition) is 3. The van der Waals surface area contributed by atoms with Crippen molar-refractivity contribution in [2.24, 2.45) is 5.92 Å². The molecule has 0 aliphatic rings. The van der Waals surface area contributed by atoms with Gasteiger partial charge in [-0.1, -0.05) is 20.3 Å². The van der Waals surface area contributed by atoms with E-state index in [9.17, 15) is 4.79 Å². The zero-order valence-corrected chi connectivity index (χ0v) is 6.76. The van der Waals surface area contributed by atoms with E-state index in [-0.39, 0.29) is 0 Å². The first-order chi connectivity index (χ1) is 5.22. The molecule has 0 aromatic carbocycles. The predicted octanol–water partition coefficient (Wildman–Crippen LogP) is 0.952. The molecule has 0 aliphatic heterocycles. The highest BCUT2D eigenvalue weighted by molar-refractivity contribution is 4.75. The second kappa shape index (κ2) is 3.37. The molecule has 0 saturated carbocycles. The van der Waals surface area contributed by atoms with Gasteiger partial charge in [0.25, 0.3) is 0 Å². The molecule has 1 atom stereocenters. The minimum Gasteiger partial charge on any atom is -0.392 e. The van der Waals surface area contributed by atoms with Gasteiger partial charge < -0.3 is 4.42 Å². The Balaban J connectivity index is 2.57. The molecule has 4 heteroatoms. The smallest absolute Gasteiger partial charge is 0.392 e. The summed E-state index contributed by atoms with van der Waals surface area (Å²) in [6, 6.07) is 0.